The van der Waals surface area contributed by atoms with E-state index in [4.69, 9.17) is 9.88 Å². The van der Waals surface area contributed by atoms with Crippen LogP contribution in [0.25, 0.3) is 27.8 Å². The smallest absolute Gasteiger partial charge is 0.275 e. The summed E-state index contributed by atoms with van der Waals surface area (Å²) in [6.07, 6.45) is 1.34. The number of aromatic nitrogens is 3. The van der Waals surface area contributed by atoms with Crippen molar-refractivity contribution in [2.75, 3.05) is 7.11 Å². The second kappa shape index (κ2) is 7.62. The van der Waals surface area contributed by atoms with Crippen molar-refractivity contribution in [2.24, 2.45) is 5.14 Å². The molecule has 2 heterocycles. The van der Waals surface area contributed by atoms with E-state index in [1.54, 1.807) is 0 Å². The Kier molecular flexibility index (Phi) is 5.06. The summed E-state index contributed by atoms with van der Waals surface area (Å²) in [6, 6.07) is 7.96. The minimum absolute atomic E-state index is 0.0991. The number of primary sulfonamides is 1. The molecule has 0 radical (unpaired) electrons. The molecule has 0 spiro atoms. The van der Waals surface area contributed by atoms with Gasteiger partial charge in [-0.25, -0.2) is 32.0 Å². The molecule has 4 aromatic rings. The molecule has 2 aromatic carbocycles. The number of methoxy groups -OCH3 is 1. The number of halogens is 2. The largest absolute Gasteiger partial charge is 0.480 e. The lowest BCUT2D eigenvalue weighted by molar-refractivity contribution is -0.385. The van der Waals surface area contributed by atoms with E-state index in [1.165, 1.54) is 43.6 Å². The van der Waals surface area contributed by atoms with E-state index in [0.29, 0.717) is 17.7 Å². The van der Waals surface area contributed by atoms with Crippen LogP contribution in [0.4, 0.5) is 14.5 Å². The summed E-state index contributed by atoms with van der Waals surface area (Å²) in [4.78, 5) is 13.9. The maximum absolute atomic E-state index is 14.7. The zero-order valence-electron chi connectivity index (χ0n) is 16.2. The Labute approximate surface area is 179 Å². The standard InChI is InChI=1S/C19H13F2N5O5S/c1-31-19-16-15(6-7-23-19)25(18-13(20)8-11(26(27)28)9-14(18)21)24-17(16)10-2-4-12(5-3-10)32(22,29)30/h2-9H,1H3,(H2,22,29,30). The number of non-ortho nitro benzene ring substituents is 1. The van der Waals surface area contributed by atoms with E-state index in [9.17, 15) is 27.3 Å². The topological polar surface area (TPSA) is 143 Å². The second-order valence-corrected chi connectivity index (χ2v) is 8.12. The van der Waals surface area contributed by atoms with Crippen molar-refractivity contribution in [3.8, 4) is 22.8 Å². The van der Waals surface area contributed by atoms with Crippen molar-refractivity contribution >= 4 is 26.6 Å². The molecule has 0 amide bonds. The first kappa shape index (κ1) is 21.3. The summed E-state index contributed by atoms with van der Waals surface area (Å²) < 4.78 is 58.7. The van der Waals surface area contributed by atoms with Gasteiger partial charge in [-0.15, -0.1) is 0 Å². The molecule has 2 N–H and O–H groups in total. The van der Waals surface area contributed by atoms with Gasteiger partial charge in [-0.2, -0.15) is 5.10 Å². The maximum atomic E-state index is 14.7. The number of nitro groups is 1. The molecule has 10 nitrogen and oxygen atoms in total. The molecular formula is C19H13F2N5O5S. The van der Waals surface area contributed by atoms with Gasteiger partial charge in [-0.05, 0) is 18.2 Å². The van der Waals surface area contributed by atoms with Crippen LogP contribution in [-0.4, -0.2) is 35.2 Å². The summed E-state index contributed by atoms with van der Waals surface area (Å²) in [5.74, 6) is -2.30. The lowest BCUT2D eigenvalue weighted by Crippen LogP contribution is -2.11. The first-order valence-electron chi connectivity index (χ1n) is 8.80. The number of fused-ring (bicyclic) bond motifs is 1. The van der Waals surface area contributed by atoms with Crippen LogP contribution in [0, 0.1) is 21.7 Å². The van der Waals surface area contributed by atoms with Gasteiger partial charge >= 0.3 is 0 Å². The molecule has 2 aromatic heterocycles. The molecular weight excluding hydrogens is 448 g/mol. The van der Waals surface area contributed by atoms with Gasteiger partial charge in [0.2, 0.25) is 15.9 Å². The Hall–Kier alpha value is -3.97. The minimum atomic E-state index is -3.93. The van der Waals surface area contributed by atoms with Gasteiger partial charge in [0, 0.05) is 11.8 Å². The Morgan fingerprint density at radius 2 is 1.75 bits per heavy atom. The highest BCUT2D eigenvalue weighted by molar-refractivity contribution is 7.89. The Balaban J connectivity index is 2.01. The van der Waals surface area contributed by atoms with Gasteiger partial charge in [0.1, 0.15) is 11.4 Å². The zero-order chi connectivity index (χ0) is 23.2. The number of hydrogen-bond donors (Lipinski definition) is 1. The van der Waals surface area contributed by atoms with E-state index < -0.39 is 38.0 Å². The van der Waals surface area contributed by atoms with Crippen molar-refractivity contribution in [2.45, 2.75) is 4.90 Å². The highest BCUT2D eigenvalue weighted by Crippen LogP contribution is 2.36. The molecule has 0 fully saturated rings. The number of rotatable bonds is 5. The number of sulfonamides is 1. The molecule has 13 heteroatoms. The lowest BCUT2D eigenvalue weighted by Gasteiger charge is -2.07. The summed E-state index contributed by atoms with van der Waals surface area (Å²) in [5, 5.41) is 20.6. The van der Waals surface area contributed by atoms with Gasteiger partial charge in [0.05, 0.1) is 40.0 Å². The average Bonchev–Trinajstić information content (AvgIpc) is 3.12. The summed E-state index contributed by atoms with van der Waals surface area (Å²) in [5.41, 5.74) is -0.619. The summed E-state index contributed by atoms with van der Waals surface area (Å²) in [6.45, 7) is 0. The van der Waals surface area contributed by atoms with E-state index in [1.807, 2.05) is 0 Å². The van der Waals surface area contributed by atoms with E-state index in [0.717, 1.165) is 4.68 Å². The third-order valence-corrected chi connectivity index (χ3v) is 5.56. The normalized spacial score (nSPS) is 11.6. The molecule has 0 saturated heterocycles. The van der Waals surface area contributed by atoms with Crippen molar-refractivity contribution in [3.63, 3.8) is 0 Å². The van der Waals surface area contributed by atoms with E-state index >= 15 is 0 Å². The van der Waals surface area contributed by atoms with Crippen molar-refractivity contribution in [3.05, 3.63) is 70.4 Å². The van der Waals surface area contributed by atoms with Crippen LogP contribution in [0.2, 0.25) is 0 Å². The number of nitrogens with zero attached hydrogens (tertiary/aromatic N) is 4. The fourth-order valence-electron chi connectivity index (χ4n) is 3.23. The molecule has 4 rings (SSSR count). The maximum Gasteiger partial charge on any atom is 0.275 e. The summed E-state index contributed by atoms with van der Waals surface area (Å²) in [7, 11) is -2.59. The number of hydrogen-bond acceptors (Lipinski definition) is 7. The predicted octanol–water partition coefficient (Wildman–Crippen LogP) is 2.93. The molecule has 0 aliphatic carbocycles. The Morgan fingerprint density at radius 1 is 1.12 bits per heavy atom. The SMILES string of the molecule is COc1nccc2c1c(-c1ccc(S(N)(=O)=O)cc1)nn2-c1c(F)cc([N+](=O)[O-])cc1F. The third kappa shape index (κ3) is 3.52. The van der Waals surface area contributed by atoms with Crippen LogP contribution < -0.4 is 9.88 Å². The summed E-state index contributed by atoms with van der Waals surface area (Å²) >= 11 is 0. The molecule has 0 atom stereocenters. The molecule has 164 valence electrons. The first-order chi connectivity index (χ1) is 15.1. The van der Waals surface area contributed by atoms with E-state index in [2.05, 4.69) is 10.1 Å². The number of ether oxygens (including phenoxy) is 1. The zero-order valence-corrected chi connectivity index (χ0v) is 17.0. The minimum Gasteiger partial charge on any atom is -0.480 e. The van der Waals surface area contributed by atoms with Crippen LogP contribution in [-0.2, 0) is 10.0 Å². The fraction of sp³-hybridized carbons (Fsp3) is 0.0526. The van der Waals surface area contributed by atoms with Crippen LogP contribution in [0.5, 0.6) is 5.88 Å². The average molecular weight is 461 g/mol. The van der Waals surface area contributed by atoms with Gasteiger partial charge in [0.15, 0.2) is 11.6 Å². The molecule has 0 aliphatic rings. The highest BCUT2D eigenvalue weighted by Gasteiger charge is 2.24. The highest BCUT2D eigenvalue weighted by atomic mass is 32.2. The van der Waals surface area contributed by atoms with Gasteiger partial charge in [-0.1, -0.05) is 12.1 Å². The quantitative estimate of drug-likeness (QED) is 0.355. The van der Waals surface area contributed by atoms with E-state index in [-0.39, 0.29) is 27.4 Å². The number of nitrogens with two attached hydrogens (primary N) is 1. The van der Waals surface area contributed by atoms with Crippen LogP contribution in [0.1, 0.15) is 0 Å². The van der Waals surface area contributed by atoms with Crippen molar-refractivity contribution in [1.29, 1.82) is 0 Å². The molecule has 0 unspecified atom stereocenters. The van der Waals surface area contributed by atoms with Gasteiger partial charge in [0.25, 0.3) is 5.69 Å². The van der Waals surface area contributed by atoms with Gasteiger partial charge in [-0.3, -0.25) is 10.1 Å². The number of benzene rings is 2. The Bertz CT molecular complexity index is 1460. The third-order valence-electron chi connectivity index (χ3n) is 4.63. The molecule has 0 saturated carbocycles. The van der Waals surface area contributed by atoms with Crippen LogP contribution >= 0.6 is 0 Å². The molecule has 32 heavy (non-hydrogen) atoms. The first-order valence-corrected chi connectivity index (χ1v) is 10.3. The monoisotopic (exact) mass is 461 g/mol. The van der Waals surface area contributed by atoms with Crippen molar-refractivity contribution < 1.29 is 26.9 Å². The fourth-order valence-corrected chi connectivity index (χ4v) is 3.74. The van der Waals surface area contributed by atoms with Gasteiger partial charge < -0.3 is 4.74 Å². The van der Waals surface area contributed by atoms with Crippen LogP contribution in [0.15, 0.2) is 53.6 Å². The number of nitro benzene ring substituents is 1. The molecule has 0 aliphatic heterocycles. The van der Waals surface area contributed by atoms with Crippen molar-refractivity contribution in [1.82, 2.24) is 14.8 Å². The predicted molar refractivity (Wildman–Crippen MR) is 109 cm³/mol. The number of pyridine rings is 1. The second-order valence-electron chi connectivity index (χ2n) is 6.56. The lowest BCUT2D eigenvalue weighted by atomic mass is 10.1. The molecule has 0 bridgehead atoms. The van der Waals surface area contributed by atoms with Crippen LogP contribution in [0.3, 0.4) is 0 Å². The Morgan fingerprint density at radius 3 is 2.28 bits per heavy atom.